The highest BCUT2D eigenvalue weighted by Gasteiger charge is 2.52. The standard InChI is InChI=1S/C26H51N7O9/c1-25(37)11-39-23(18(36)21(25)31-2)42-20-16(33-24(30)26(38)8-12(27)9-26)7-15(29)19(17(20)35)41-22-14(28)4-3-13(40-22)10-32-5-6-34/h12-23,31-32,34-38H,3-11,27-29H2,1-2H3,(H2,30,33)/t12?,13-,14?,15-,16+,17?,18?,19?,20?,21+,22+,23+,25?,26?/m0/s1. The zero-order chi connectivity index (χ0) is 30.8. The number of nitrogens with zero attached hydrogens (tertiary/aromatic N) is 1. The van der Waals surface area contributed by atoms with Gasteiger partial charge in [-0.25, -0.2) is 0 Å². The van der Waals surface area contributed by atoms with Crippen LogP contribution in [0.4, 0.5) is 0 Å². The van der Waals surface area contributed by atoms with Crippen molar-refractivity contribution in [1.82, 2.24) is 10.6 Å². The van der Waals surface area contributed by atoms with Gasteiger partial charge in [0.15, 0.2) is 12.6 Å². The maximum absolute atomic E-state index is 11.6. The molecule has 2 heterocycles. The van der Waals surface area contributed by atoms with Crippen molar-refractivity contribution in [1.29, 1.82) is 0 Å². The number of amidine groups is 1. The van der Waals surface area contributed by atoms with E-state index < -0.39 is 72.4 Å². The van der Waals surface area contributed by atoms with Gasteiger partial charge in [-0.2, -0.15) is 0 Å². The van der Waals surface area contributed by atoms with Crippen LogP contribution in [0.15, 0.2) is 4.99 Å². The summed E-state index contributed by atoms with van der Waals surface area (Å²) < 4.78 is 24.2. The maximum Gasteiger partial charge on any atom is 0.185 e. The number of aliphatic imine (C=N–C) groups is 1. The minimum absolute atomic E-state index is 0.00105. The van der Waals surface area contributed by atoms with Crippen LogP contribution in [-0.4, -0.2) is 149 Å². The zero-order valence-electron chi connectivity index (χ0n) is 24.4. The molecule has 2 aliphatic carbocycles. The monoisotopic (exact) mass is 605 g/mol. The third-order valence-corrected chi connectivity index (χ3v) is 8.85. The molecule has 0 aromatic rings. The van der Waals surface area contributed by atoms with Crippen LogP contribution in [0.2, 0.25) is 0 Å². The van der Waals surface area contributed by atoms with Crippen molar-refractivity contribution in [3.8, 4) is 0 Å². The van der Waals surface area contributed by atoms with Crippen molar-refractivity contribution in [2.45, 2.75) is 124 Å². The van der Waals surface area contributed by atoms with E-state index in [0.717, 1.165) is 0 Å². The molecule has 0 amide bonds. The molecule has 16 nitrogen and oxygen atoms in total. The Morgan fingerprint density at radius 2 is 1.71 bits per heavy atom. The predicted molar refractivity (Wildman–Crippen MR) is 151 cm³/mol. The molecular weight excluding hydrogens is 554 g/mol. The predicted octanol–water partition coefficient (Wildman–Crippen LogP) is -5.10. The Morgan fingerprint density at radius 3 is 2.36 bits per heavy atom. The summed E-state index contributed by atoms with van der Waals surface area (Å²) in [6, 6.07) is -3.04. The molecule has 4 aliphatic rings. The van der Waals surface area contributed by atoms with E-state index in [4.69, 9.17) is 47.0 Å². The minimum Gasteiger partial charge on any atom is -0.395 e. The first-order valence-corrected chi connectivity index (χ1v) is 14.8. The van der Waals surface area contributed by atoms with E-state index in [2.05, 4.69) is 15.6 Å². The van der Waals surface area contributed by atoms with Crippen LogP contribution in [-0.2, 0) is 18.9 Å². The first kappa shape index (κ1) is 33.8. The van der Waals surface area contributed by atoms with Crippen LogP contribution in [0.5, 0.6) is 0 Å². The van der Waals surface area contributed by atoms with Gasteiger partial charge in [-0.05, 0) is 46.1 Å². The van der Waals surface area contributed by atoms with Crippen LogP contribution < -0.4 is 33.6 Å². The van der Waals surface area contributed by atoms with Crippen LogP contribution >= 0.6 is 0 Å². The normalized spacial score (nSPS) is 48.6. The second-order valence-corrected chi connectivity index (χ2v) is 12.5. The lowest BCUT2D eigenvalue weighted by Gasteiger charge is -2.48. The number of nitrogens with two attached hydrogens (primary N) is 4. The van der Waals surface area contributed by atoms with E-state index in [1.807, 2.05) is 0 Å². The Labute approximate surface area is 246 Å². The van der Waals surface area contributed by atoms with Gasteiger partial charge < -0.3 is 78.0 Å². The van der Waals surface area contributed by atoms with Gasteiger partial charge in [0.1, 0.15) is 41.5 Å². The van der Waals surface area contributed by atoms with Gasteiger partial charge in [-0.3, -0.25) is 4.99 Å². The third kappa shape index (κ3) is 7.40. The second kappa shape index (κ2) is 13.9. The fraction of sp³-hybridized carbons (Fsp3) is 0.962. The Kier molecular flexibility index (Phi) is 11.2. The highest BCUT2D eigenvalue weighted by Crippen LogP contribution is 2.35. The largest absolute Gasteiger partial charge is 0.395 e. The molecule has 0 radical (unpaired) electrons. The molecule has 2 saturated carbocycles. The molecule has 2 saturated heterocycles. The topological polar surface area (TPSA) is 279 Å². The fourth-order valence-electron chi connectivity index (χ4n) is 6.38. The number of aliphatic hydroxyl groups excluding tert-OH is 3. The molecule has 0 aromatic heterocycles. The zero-order valence-corrected chi connectivity index (χ0v) is 24.4. The van der Waals surface area contributed by atoms with Crippen LogP contribution in [0, 0.1) is 0 Å². The summed E-state index contributed by atoms with van der Waals surface area (Å²) >= 11 is 0. The van der Waals surface area contributed by atoms with Crippen molar-refractivity contribution in [3.63, 3.8) is 0 Å². The molecule has 15 N–H and O–H groups in total. The summed E-state index contributed by atoms with van der Waals surface area (Å²) in [6.07, 6.45) is -5.19. The van der Waals surface area contributed by atoms with Gasteiger partial charge in [0.05, 0.1) is 37.4 Å². The van der Waals surface area contributed by atoms with E-state index in [9.17, 15) is 20.4 Å². The lowest BCUT2D eigenvalue weighted by atomic mass is 9.75. The molecule has 16 heteroatoms. The Hall–Kier alpha value is -1.09. The van der Waals surface area contributed by atoms with Gasteiger partial charge in [0.25, 0.3) is 0 Å². The van der Waals surface area contributed by atoms with E-state index in [1.165, 1.54) is 6.92 Å². The Bertz CT molecular complexity index is 911. The lowest BCUT2D eigenvalue weighted by molar-refractivity contribution is -0.306. The van der Waals surface area contributed by atoms with Crippen molar-refractivity contribution in [2.24, 2.45) is 27.9 Å². The highest BCUT2D eigenvalue weighted by atomic mass is 16.7. The summed E-state index contributed by atoms with van der Waals surface area (Å²) in [7, 11) is 1.60. The average Bonchev–Trinajstić information content (AvgIpc) is 2.90. The number of aliphatic hydroxyl groups is 5. The average molecular weight is 606 g/mol. The maximum atomic E-state index is 11.6. The summed E-state index contributed by atoms with van der Waals surface area (Å²) in [5.74, 6) is -0.0430. The number of nitrogens with one attached hydrogen (secondary N) is 2. The van der Waals surface area contributed by atoms with E-state index >= 15 is 0 Å². The molecular formula is C26H51N7O9. The third-order valence-electron chi connectivity index (χ3n) is 8.85. The second-order valence-electron chi connectivity index (χ2n) is 12.5. The smallest absolute Gasteiger partial charge is 0.185 e. The van der Waals surface area contributed by atoms with Gasteiger partial charge in [-0.1, -0.05) is 0 Å². The van der Waals surface area contributed by atoms with Gasteiger partial charge >= 0.3 is 0 Å². The van der Waals surface area contributed by atoms with E-state index in [-0.39, 0.29) is 50.5 Å². The number of hydrogen-bond donors (Lipinski definition) is 11. The molecule has 2 aliphatic heterocycles. The molecule has 6 unspecified atom stereocenters. The SMILES string of the molecule is CN[C@@H]1C(O)[C@@H](OC2C(O)C(O[C@H]3O[C@H](CNCCO)CCC3N)[C@@H](N)C[C@H]2N=C(N)C2(O)CC(N)C2)OCC1(C)O. The molecule has 42 heavy (non-hydrogen) atoms. The van der Waals surface area contributed by atoms with E-state index in [0.29, 0.717) is 25.9 Å². The molecule has 4 rings (SSSR count). The highest BCUT2D eigenvalue weighted by molar-refractivity contribution is 5.90. The van der Waals surface area contributed by atoms with Crippen LogP contribution in [0.25, 0.3) is 0 Å². The number of rotatable bonds is 11. The summed E-state index contributed by atoms with van der Waals surface area (Å²) in [5.41, 5.74) is 22.2. The molecule has 0 bridgehead atoms. The molecule has 4 fully saturated rings. The Balaban J connectivity index is 1.54. The van der Waals surface area contributed by atoms with Crippen molar-refractivity contribution < 1.29 is 44.5 Å². The van der Waals surface area contributed by atoms with Gasteiger partial charge in [-0.15, -0.1) is 0 Å². The van der Waals surface area contributed by atoms with Crippen molar-refractivity contribution in [3.05, 3.63) is 0 Å². The molecule has 0 aromatic carbocycles. The first-order valence-electron chi connectivity index (χ1n) is 14.8. The first-order chi connectivity index (χ1) is 19.8. The van der Waals surface area contributed by atoms with Gasteiger partial charge in [0.2, 0.25) is 0 Å². The Morgan fingerprint density at radius 1 is 1.02 bits per heavy atom. The van der Waals surface area contributed by atoms with Gasteiger partial charge in [0, 0.05) is 25.2 Å². The van der Waals surface area contributed by atoms with Crippen LogP contribution in [0.1, 0.15) is 39.0 Å². The van der Waals surface area contributed by atoms with Crippen molar-refractivity contribution >= 4 is 5.84 Å². The quantitative estimate of drug-likeness (QED) is 0.0597. The molecule has 0 spiro atoms. The molecule has 12 atom stereocenters. The number of likely N-dealkylation sites (N-methyl/N-ethyl adjacent to an activating group) is 1. The number of hydrogen-bond acceptors (Lipinski definition) is 15. The van der Waals surface area contributed by atoms with Crippen LogP contribution in [0.3, 0.4) is 0 Å². The summed E-state index contributed by atoms with van der Waals surface area (Å²) in [5, 5.41) is 59.2. The summed E-state index contributed by atoms with van der Waals surface area (Å²) in [4.78, 5) is 4.54. The fourth-order valence-corrected chi connectivity index (χ4v) is 6.38. The lowest BCUT2D eigenvalue weighted by Crippen LogP contribution is -2.68. The van der Waals surface area contributed by atoms with Crippen molar-refractivity contribution in [2.75, 3.05) is 33.4 Å². The van der Waals surface area contributed by atoms with E-state index in [1.54, 1.807) is 7.05 Å². The molecule has 244 valence electrons. The minimum atomic E-state index is -1.39. The number of ether oxygens (including phenoxy) is 4. The summed E-state index contributed by atoms with van der Waals surface area (Å²) in [6.45, 7) is 2.30.